The first-order chi connectivity index (χ1) is 8.56. The van der Waals surface area contributed by atoms with Gasteiger partial charge in [-0.1, -0.05) is 17.7 Å². The van der Waals surface area contributed by atoms with E-state index in [-0.39, 0.29) is 6.04 Å². The molecular formula is C14H13BrClNO. The third-order valence-electron chi connectivity index (χ3n) is 2.52. The Hall–Kier alpha value is -1.03. The highest BCUT2D eigenvalue weighted by molar-refractivity contribution is 9.10. The maximum absolute atomic E-state index is 5.83. The number of halogens is 2. The van der Waals surface area contributed by atoms with Crippen molar-refractivity contribution in [2.75, 3.05) is 0 Å². The third-order valence-corrected chi connectivity index (χ3v) is 3.39. The summed E-state index contributed by atoms with van der Waals surface area (Å²) in [6.07, 6.45) is 0. The molecule has 18 heavy (non-hydrogen) atoms. The molecule has 0 amide bonds. The fourth-order valence-corrected chi connectivity index (χ4v) is 2.12. The first-order valence-corrected chi connectivity index (χ1v) is 6.72. The topological polar surface area (TPSA) is 35.2 Å². The lowest BCUT2D eigenvalue weighted by atomic mass is 10.1. The monoisotopic (exact) mass is 325 g/mol. The van der Waals surface area contributed by atoms with Gasteiger partial charge in [0.25, 0.3) is 0 Å². The molecule has 0 radical (unpaired) electrons. The highest BCUT2D eigenvalue weighted by atomic mass is 79.9. The molecule has 0 bridgehead atoms. The summed E-state index contributed by atoms with van der Waals surface area (Å²) < 4.78 is 6.63. The zero-order valence-electron chi connectivity index (χ0n) is 9.86. The van der Waals surface area contributed by atoms with Crippen LogP contribution in [0, 0.1) is 0 Å². The summed E-state index contributed by atoms with van der Waals surface area (Å²) in [6, 6.07) is 13.1. The predicted molar refractivity (Wildman–Crippen MR) is 78.3 cm³/mol. The molecule has 0 saturated carbocycles. The number of rotatable bonds is 3. The van der Waals surface area contributed by atoms with Gasteiger partial charge in [0.15, 0.2) is 0 Å². The highest BCUT2D eigenvalue weighted by Gasteiger charge is 2.06. The van der Waals surface area contributed by atoms with Crippen LogP contribution in [0.4, 0.5) is 0 Å². The van der Waals surface area contributed by atoms with Crippen molar-refractivity contribution < 1.29 is 4.74 Å². The Labute approximate surface area is 120 Å². The summed E-state index contributed by atoms with van der Waals surface area (Å²) in [7, 11) is 0. The van der Waals surface area contributed by atoms with E-state index in [1.54, 1.807) is 12.1 Å². The van der Waals surface area contributed by atoms with E-state index in [9.17, 15) is 0 Å². The molecule has 0 unspecified atom stereocenters. The Bertz CT molecular complexity index is 540. The van der Waals surface area contributed by atoms with Crippen LogP contribution in [0.5, 0.6) is 11.5 Å². The van der Waals surface area contributed by atoms with E-state index in [1.807, 2.05) is 37.3 Å². The van der Waals surface area contributed by atoms with Gasteiger partial charge >= 0.3 is 0 Å². The van der Waals surface area contributed by atoms with E-state index < -0.39 is 0 Å². The number of ether oxygens (including phenoxy) is 1. The fourth-order valence-electron chi connectivity index (χ4n) is 1.51. The smallest absolute Gasteiger partial charge is 0.141 e. The van der Waals surface area contributed by atoms with E-state index in [4.69, 9.17) is 22.1 Å². The minimum atomic E-state index is 0.00545. The Morgan fingerprint density at radius 2 is 1.83 bits per heavy atom. The van der Waals surface area contributed by atoms with Crippen molar-refractivity contribution in [1.29, 1.82) is 0 Å². The van der Waals surface area contributed by atoms with Crippen LogP contribution in [0.1, 0.15) is 18.5 Å². The van der Waals surface area contributed by atoms with Gasteiger partial charge in [-0.2, -0.15) is 0 Å². The highest BCUT2D eigenvalue weighted by Crippen LogP contribution is 2.32. The van der Waals surface area contributed by atoms with E-state index >= 15 is 0 Å². The van der Waals surface area contributed by atoms with Gasteiger partial charge in [-0.25, -0.2) is 0 Å². The second-order valence-corrected chi connectivity index (χ2v) is 5.33. The lowest BCUT2D eigenvalue weighted by Crippen LogP contribution is -2.04. The van der Waals surface area contributed by atoms with Crippen LogP contribution in [0.2, 0.25) is 5.02 Å². The largest absolute Gasteiger partial charge is 0.456 e. The Morgan fingerprint density at radius 1 is 1.17 bits per heavy atom. The number of hydrogen-bond donors (Lipinski definition) is 1. The van der Waals surface area contributed by atoms with Crippen molar-refractivity contribution >= 4 is 27.5 Å². The van der Waals surface area contributed by atoms with Gasteiger partial charge in [-0.15, -0.1) is 0 Å². The maximum Gasteiger partial charge on any atom is 0.141 e. The third kappa shape index (κ3) is 3.25. The molecule has 4 heteroatoms. The Kier molecular flexibility index (Phi) is 4.27. The van der Waals surface area contributed by atoms with E-state index in [0.717, 1.165) is 21.5 Å². The molecule has 1 atom stereocenters. The van der Waals surface area contributed by atoms with Crippen molar-refractivity contribution in [3.63, 3.8) is 0 Å². The first kappa shape index (κ1) is 13.4. The summed E-state index contributed by atoms with van der Waals surface area (Å²) in [5.74, 6) is 1.50. The zero-order chi connectivity index (χ0) is 13.1. The van der Waals surface area contributed by atoms with Crippen LogP contribution in [0.15, 0.2) is 46.9 Å². The molecule has 0 fully saturated rings. The molecular weight excluding hydrogens is 314 g/mol. The number of hydrogen-bond acceptors (Lipinski definition) is 2. The van der Waals surface area contributed by atoms with E-state index in [2.05, 4.69) is 15.9 Å². The Balaban J connectivity index is 2.22. The summed E-state index contributed by atoms with van der Waals surface area (Å²) in [4.78, 5) is 0. The number of nitrogens with two attached hydrogens (primary N) is 1. The average molecular weight is 327 g/mol. The second kappa shape index (κ2) is 5.74. The summed E-state index contributed by atoms with van der Waals surface area (Å²) in [6.45, 7) is 1.95. The van der Waals surface area contributed by atoms with Crippen LogP contribution in [0.3, 0.4) is 0 Å². The lowest BCUT2D eigenvalue weighted by molar-refractivity contribution is 0.479. The van der Waals surface area contributed by atoms with Gasteiger partial charge < -0.3 is 10.5 Å². The zero-order valence-corrected chi connectivity index (χ0v) is 12.2. The molecule has 94 valence electrons. The van der Waals surface area contributed by atoms with E-state index in [0.29, 0.717) is 5.02 Å². The predicted octanol–water partition coefficient (Wildman–Crippen LogP) is 4.91. The summed E-state index contributed by atoms with van der Waals surface area (Å²) >= 11 is 9.30. The maximum atomic E-state index is 5.83. The van der Waals surface area contributed by atoms with Crippen LogP contribution in [-0.4, -0.2) is 0 Å². The van der Waals surface area contributed by atoms with Crippen molar-refractivity contribution in [2.45, 2.75) is 13.0 Å². The minimum absolute atomic E-state index is 0.00545. The van der Waals surface area contributed by atoms with Crippen molar-refractivity contribution in [1.82, 2.24) is 0 Å². The molecule has 2 aromatic rings. The summed E-state index contributed by atoms with van der Waals surface area (Å²) in [5, 5.41) is 0.689. The van der Waals surface area contributed by atoms with Crippen LogP contribution in [-0.2, 0) is 0 Å². The molecule has 2 nitrogen and oxygen atoms in total. The minimum Gasteiger partial charge on any atom is -0.456 e. The molecule has 0 aliphatic heterocycles. The van der Waals surface area contributed by atoms with Crippen LogP contribution >= 0.6 is 27.5 Å². The first-order valence-electron chi connectivity index (χ1n) is 5.54. The van der Waals surface area contributed by atoms with Gasteiger partial charge in [0, 0.05) is 11.1 Å². The molecule has 2 N–H and O–H groups in total. The molecule has 0 saturated heterocycles. The van der Waals surface area contributed by atoms with Gasteiger partial charge in [0.2, 0.25) is 0 Å². The normalized spacial score (nSPS) is 12.2. The second-order valence-electron chi connectivity index (χ2n) is 4.03. The standard InChI is InChI=1S/C14H13BrClNO/c1-9(17)10-2-7-14(13(15)8-10)18-12-5-3-11(16)4-6-12/h2-9H,17H2,1H3/t9-/m0/s1. The van der Waals surface area contributed by atoms with E-state index in [1.165, 1.54) is 0 Å². The molecule has 0 spiro atoms. The molecule has 0 aliphatic rings. The fraction of sp³-hybridized carbons (Fsp3) is 0.143. The molecule has 0 aromatic heterocycles. The van der Waals surface area contributed by atoms with Crippen molar-refractivity contribution in [3.05, 3.63) is 57.5 Å². The van der Waals surface area contributed by atoms with Crippen LogP contribution in [0.25, 0.3) is 0 Å². The van der Waals surface area contributed by atoms with Crippen LogP contribution < -0.4 is 10.5 Å². The van der Waals surface area contributed by atoms with Gasteiger partial charge in [-0.05, 0) is 64.8 Å². The Morgan fingerprint density at radius 3 is 2.39 bits per heavy atom. The molecule has 2 aromatic carbocycles. The van der Waals surface area contributed by atoms with Crippen molar-refractivity contribution in [2.24, 2.45) is 5.73 Å². The number of benzene rings is 2. The van der Waals surface area contributed by atoms with Gasteiger partial charge in [0.1, 0.15) is 11.5 Å². The quantitative estimate of drug-likeness (QED) is 0.869. The summed E-state index contributed by atoms with van der Waals surface area (Å²) in [5.41, 5.74) is 6.89. The SMILES string of the molecule is C[C@H](N)c1ccc(Oc2ccc(Cl)cc2)c(Br)c1. The van der Waals surface area contributed by atoms with Gasteiger partial charge in [0.05, 0.1) is 4.47 Å². The van der Waals surface area contributed by atoms with Gasteiger partial charge in [-0.3, -0.25) is 0 Å². The molecule has 0 heterocycles. The molecule has 0 aliphatic carbocycles. The molecule has 2 rings (SSSR count). The van der Waals surface area contributed by atoms with Crippen molar-refractivity contribution in [3.8, 4) is 11.5 Å². The lowest BCUT2D eigenvalue weighted by Gasteiger charge is -2.11. The average Bonchev–Trinajstić information content (AvgIpc) is 2.34.